The second-order valence-electron chi connectivity index (χ2n) is 15.2. The van der Waals surface area contributed by atoms with Gasteiger partial charge >= 0.3 is 6.09 Å². The normalized spacial score (nSPS) is 23.0. The Bertz CT molecular complexity index is 1700. The maximum atomic E-state index is 14.5. The Balaban J connectivity index is 1.46. The minimum absolute atomic E-state index is 0.00307. The molecule has 0 spiro atoms. The van der Waals surface area contributed by atoms with Gasteiger partial charge in [0, 0.05) is 30.1 Å². The first-order chi connectivity index (χ1) is 22.9. The zero-order valence-corrected chi connectivity index (χ0v) is 30.2. The number of rotatable bonds is 12. The molecule has 5 atom stereocenters. The van der Waals surface area contributed by atoms with Crippen molar-refractivity contribution in [3.63, 3.8) is 0 Å². The number of methoxy groups -OCH3 is 1. The average molecular weight is 700 g/mol. The van der Waals surface area contributed by atoms with Gasteiger partial charge in [0.2, 0.25) is 21.8 Å². The van der Waals surface area contributed by atoms with Crippen LogP contribution in [-0.4, -0.2) is 96.5 Å². The van der Waals surface area contributed by atoms with Gasteiger partial charge in [-0.2, -0.15) is 4.72 Å². The molecule has 49 heavy (non-hydrogen) atoms. The number of nitrogens with zero attached hydrogens (tertiary/aromatic N) is 3. The van der Waals surface area contributed by atoms with Crippen LogP contribution in [-0.2, 0) is 24.3 Å². The number of sulfonamides is 1. The quantitative estimate of drug-likeness (QED) is 0.247. The third kappa shape index (κ3) is 8.64. The lowest BCUT2D eigenvalue weighted by Crippen LogP contribution is -2.59. The molecule has 2 saturated carbocycles. The van der Waals surface area contributed by atoms with Crippen molar-refractivity contribution in [3.8, 4) is 11.5 Å². The number of carbonyl (C=O) groups excluding carboxylic acids is 3. The Hall–Kier alpha value is -3.91. The number of nitrogens with one attached hydrogen (secondary N) is 2. The number of hydrogen-bond donors (Lipinski definition) is 2. The van der Waals surface area contributed by atoms with E-state index in [4.69, 9.17) is 14.2 Å². The predicted octanol–water partition coefficient (Wildman–Crippen LogP) is 3.97. The number of aromatic nitrogens is 1. The zero-order chi connectivity index (χ0) is 35.9. The number of pyridine rings is 1. The second-order valence-corrected chi connectivity index (χ2v) is 17.2. The van der Waals surface area contributed by atoms with Crippen LogP contribution in [0.2, 0.25) is 0 Å². The third-order valence-corrected chi connectivity index (χ3v) is 10.9. The first kappa shape index (κ1) is 36.4. The molecule has 1 aromatic heterocycles. The summed E-state index contributed by atoms with van der Waals surface area (Å²) in [5, 5.41) is 3.03. The van der Waals surface area contributed by atoms with Crippen molar-refractivity contribution in [2.75, 3.05) is 20.3 Å². The number of ether oxygens (including phenoxy) is 3. The summed E-state index contributed by atoms with van der Waals surface area (Å²) in [6.07, 6.45) is 3.97. The van der Waals surface area contributed by atoms with Crippen LogP contribution in [0.15, 0.2) is 43.1 Å². The molecule has 5 unspecified atom stereocenters. The topological polar surface area (TPSA) is 156 Å². The van der Waals surface area contributed by atoms with Gasteiger partial charge in [-0.25, -0.2) is 13.2 Å². The molecule has 2 N–H and O–H groups in total. The van der Waals surface area contributed by atoms with E-state index in [9.17, 15) is 22.8 Å². The largest absolute Gasteiger partial charge is 0.497 e. The van der Waals surface area contributed by atoms with Gasteiger partial charge in [-0.15, -0.1) is 6.58 Å². The van der Waals surface area contributed by atoms with Crippen LogP contribution in [0, 0.1) is 11.3 Å². The standard InChI is InChI=1S/C35H49N5O8S/c1-9-21-16-27(21)40(20-37-49(44,45)24-11-12-24)31(41)28-18-23(47-29-14-15-36-26-17-22(46-8)10-13-25(26)29)19-39(28)32(42)30(34(2,3)4)38-33(43)48-35(5,6)7/h9-10,13-15,17,21,23-24,27-28,30,37H,1,11-12,16,18-20H2,2-8H3,(H,38,43). The Labute approximate surface area is 288 Å². The van der Waals surface area contributed by atoms with Crippen molar-refractivity contribution in [2.24, 2.45) is 11.3 Å². The minimum Gasteiger partial charge on any atom is -0.497 e. The van der Waals surface area contributed by atoms with Crippen LogP contribution >= 0.6 is 0 Å². The number of amides is 3. The van der Waals surface area contributed by atoms with E-state index < -0.39 is 62.4 Å². The predicted molar refractivity (Wildman–Crippen MR) is 184 cm³/mol. The first-order valence-corrected chi connectivity index (χ1v) is 18.3. The molecule has 13 nitrogen and oxygen atoms in total. The lowest BCUT2D eigenvalue weighted by molar-refractivity contribution is -0.146. The summed E-state index contributed by atoms with van der Waals surface area (Å²) in [5.74, 6) is 0.299. The van der Waals surface area contributed by atoms with Crippen molar-refractivity contribution < 1.29 is 37.0 Å². The fourth-order valence-corrected chi connectivity index (χ4v) is 7.44. The van der Waals surface area contributed by atoms with E-state index in [2.05, 4.69) is 21.6 Å². The van der Waals surface area contributed by atoms with Crippen molar-refractivity contribution >= 4 is 38.8 Å². The summed E-state index contributed by atoms with van der Waals surface area (Å²) in [7, 11) is -2.02. The fourth-order valence-electron chi connectivity index (χ4n) is 6.13. The number of benzene rings is 1. The highest BCUT2D eigenvalue weighted by molar-refractivity contribution is 7.90. The molecule has 2 heterocycles. The molecule has 1 aliphatic heterocycles. The van der Waals surface area contributed by atoms with Gasteiger partial charge in [-0.1, -0.05) is 26.8 Å². The molecule has 3 aliphatic rings. The highest BCUT2D eigenvalue weighted by Gasteiger charge is 2.51. The van der Waals surface area contributed by atoms with Gasteiger partial charge in [-0.3, -0.25) is 14.6 Å². The summed E-state index contributed by atoms with van der Waals surface area (Å²) in [6.45, 7) is 14.4. The van der Waals surface area contributed by atoms with Crippen LogP contribution in [0.25, 0.3) is 10.9 Å². The maximum absolute atomic E-state index is 14.5. The molecule has 0 bridgehead atoms. The molecule has 1 saturated heterocycles. The number of carbonyl (C=O) groups is 3. The van der Waals surface area contributed by atoms with Crippen LogP contribution in [0.3, 0.4) is 0 Å². The smallest absolute Gasteiger partial charge is 0.408 e. The molecule has 2 aromatic rings. The second kappa shape index (κ2) is 13.8. The maximum Gasteiger partial charge on any atom is 0.408 e. The van der Waals surface area contributed by atoms with E-state index in [0.29, 0.717) is 36.3 Å². The number of alkyl carbamates (subject to hydrolysis) is 1. The zero-order valence-electron chi connectivity index (χ0n) is 29.4. The van der Waals surface area contributed by atoms with E-state index >= 15 is 0 Å². The van der Waals surface area contributed by atoms with E-state index in [0.717, 1.165) is 5.39 Å². The SMILES string of the molecule is C=CC1CC1N(CNS(=O)(=O)C1CC1)C(=O)C1CC(Oc2ccnc3cc(OC)ccc23)CN1C(=O)C(NC(=O)OC(C)(C)C)C(C)(C)C. The lowest BCUT2D eigenvalue weighted by atomic mass is 9.85. The Morgan fingerprint density at radius 2 is 1.84 bits per heavy atom. The fraction of sp³-hybridized carbons (Fsp3) is 0.600. The van der Waals surface area contributed by atoms with Crippen molar-refractivity contribution in [2.45, 2.75) is 102 Å². The van der Waals surface area contributed by atoms with E-state index in [-0.39, 0.29) is 31.6 Å². The van der Waals surface area contributed by atoms with Gasteiger partial charge in [0.15, 0.2) is 0 Å². The molecule has 14 heteroatoms. The van der Waals surface area contributed by atoms with Gasteiger partial charge in [0.1, 0.15) is 35.3 Å². The van der Waals surface area contributed by atoms with Crippen LogP contribution < -0.4 is 19.5 Å². The summed E-state index contributed by atoms with van der Waals surface area (Å²) >= 11 is 0. The molecular weight excluding hydrogens is 650 g/mol. The van der Waals surface area contributed by atoms with Crippen molar-refractivity contribution in [3.05, 3.63) is 43.1 Å². The molecule has 3 amide bonds. The summed E-state index contributed by atoms with van der Waals surface area (Å²) in [4.78, 5) is 49.4. The minimum atomic E-state index is -3.59. The molecular formula is C35H49N5O8S. The Kier molecular flexibility index (Phi) is 10.2. The average Bonchev–Trinajstić information content (AvgIpc) is 3.95. The highest BCUT2D eigenvalue weighted by atomic mass is 32.2. The first-order valence-electron chi connectivity index (χ1n) is 16.7. The molecule has 3 fully saturated rings. The summed E-state index contributed by atoms with van der Waals surface area (Å²) in [5.41, 5.74) is -0.897. The Morgan fingerprint density at radius 1 is 1.12 bits per heavy atom. The Morgan fingerprint density at radius 3 is 2.43 bits per heavy atom. The molecule has 5 rings (SSSR count). The molecule has 268 valence electrons. The van der Waals surface area contributed by atoms with Gasteiger partial charge in [0.25, 0.3) is 0 Å². The monoisotopic (exact) mass is 699 g/mol. The molecule has 0 radical (unpaired) electrons. The van der Waals surface area contributed by atoms with Gasteiger partial charge in [-0.05, 0) is 69.6 Å². The number of likely N-dealkylation sites (tertiary alicyclic amines) is 1. The molecule has 2 aliphatic carbocycles. The third-order valence-electron chi connectivity index (χ3n) is 9.00. The summed E-state index contributed by atoms with van der Waals surface area (Å²) < 4.78 is 45.5. The van der Waals surface area contributed by atoms with Crippen molar-refractivity contribution in [1.82, 2.24) is 24.8 Å². The van der Waals surface area contributed by atoms with Crippen molar-refractivity contribution in [1.29, 1.82) is 0 Å². The van der Waals surface area contributed by atoms with Gasteiger partial charge in [0.05, 0.1) is 31.1 Å². The number of hydrogen-bond acceptors (Lipinski definition) is 9. The number of fused-ring (bicyclic) bond motifs is 1. The molecule has 1 aromatic carbocycles. The van der Waals surface area contributed by atoms with E-state index in [1.54, 1.807) is 58.4 Å². The summed E-state index contributed by atoms with van der Waals surface area (Å²) in [6, 6.07) is 4.87. The van der Waals surface area contributed by atoms with E-state index in [1.165, 1.54) is 9.80 Å². The van der Waals surface area contributed by atoms with Crippen LogP contribution in [0.5, 0.6) is 11.5 Å². The highest BCUT2D eigenvalue weighted by Crippen LogP contribution is 2.39. The van der Waals surface area contributed by atoms with E-state index in [1.807, 2.05) is 26.8 Å². The van der Waals surface area contributed by atoms with Gasteiger partial charge < -0.3 is 29.3 Å². The van der Waals surface area contributed by atoms with Crippen LogP contribution in [0.1, 0.15) is 67.2 Å². The van der Waals surface area contributed by atoms with Crippen LogP contribution in [0.4, 0.5) is 4.79 Å². The lowest BCUT2D eigenvalue weighted by Gasteiger charge is -2.37.